The number of nitrogens with two attached hydrogens (primary N) is 1. The van der Waals surface area contributed by atoms with Crippen LogP contribution in [-0.2, 0) is 6.18 Å². The van der Waals surface area contributed by atoms with E-state index in [1.54, 1.807) is 12.1 Å². The molecule has 17 heavy (non-hydrogen) atoms. The minimum Gasteiger partial charge on any atom is -0.383 e. The first-order valence-corrected chi connectivity index (χ1v) is 5.87. The van der Waals surface area contributed by atoms with Crippen molar-refractivity contribution < 1.29 is 13.2 Å². The second-order valence-electron chi connectivity index (χ2n) is 3.21. The molecule has 0 aliphatic carbocycles. The molecule has 0 aliphatic rings. The van der Waals surface area contributed by atoms with E-state index in [1.165, 1.54) is 0 Å². The van der Waals surface area contributed by atoms with Crippen LogP contribution in [0.15, 0.2) is 21.1 Å². The zero-order chi connectivity index (χ0) is 12.8. The zero-order valence-electron chi connectivity index (χ0n) is 8.02. The highest BCUT2D eigenvalue weighted by Crippen LogP contribution is 2.33. The molecule has 90 valence electrons. The summed E-state index contributed by atoms with van der Waals surface area (Å²) in [6.45, 7) is 0. The van der Waals surface area contributed by atoms with Crippen LogP contribution in [0, 0.1) is 0 Å². The molecule has 0 fully saturated rings. The lowest BCUT2D eigenvalue weighted by atomic mass is 10.2. The first-order valence-electron chi connectivity index (χ1n) is 4.28. The number of hydrogen-bond acceptors (Lipinski definition) is 3. The maximum absolute atomic E-state index is 12.5. The lowest BCUT2D eigenvalue weighted by molar-refractivity contribution is -0.144. The van der Waals surface area contributed by atoms with E-state index in [0.29, 0.717) is 14.3 Å². The number of anilines is 1. The summed E-state index contributed by atoms with van der Waals surface area (Å²) in [6.07, 6.45) is -4.62. The summed E-state index contributed by atoms with van der Waals surface area (Å²) in [7, 11) is 0. The van der Waals surface area contributed by atoms with E-state index in [2.05, 4.69) is 41.8 Å². The minimum atomic E-state index is -4.62. The first kappa shape index (κ1) is 12.6. The van der Waals surface area contributed by atoms with Crippen molar-refractivity contribution in [1.29, 1.82) is 0 Å². The zero-order valence-corrected chi connectivity index (χ0v) is 11.2. The molecule has 1 heterocycles. The largest absolute Gasteiger partial charge is 0.451 e. The predicted octanol–water partition coefficient (Wildman–Crippen LogP) is 3.76. The smallest absolute Gasteiger partial charge is 0.383 e. The van der Waals surface area contributed by atoms with Gasteiger partial charge in [0.2, 0.25) is 5.82 Å². The summed E-state index contributed by atoms with van der Waals surface area (Å²) < 4.78 is 38.6. The number of nitrogen functional groups attached to an aromatic ring is 1. The van der Waals surface area contributed by atoms with Gasteiger partial charge in [-0.3, -0.25) is 0 Å². The molecule has 2 rings (SSSR count). The Bertz CT molecular complexity index is 598. The fourth-order valence-electron chi connectivity index (χ4n) is 1.31. The summed E-state index contributed by atoms with van der Waals surface area (Å²) in [5.74, 6) is -1.45. The summed E-state index contributed by atoms with van der Waals surface area (Å²) in [4.78, 5) is 6.72. The Labute approximate surface area is 110 Å². The number of nitrogens with zero attached hydrogens (tertiary/aromatic N) is 2. The molecule has 2 aromatic rings. The number of aromatic nitrogens is 2. The molecule has 0 amide bonds. The van der Waals surface area contributed by atoms with Gasteiger partial charge in [-0.15, -0.1) is 0 Å². The van der Waals surface area contributed by atoms with Gasteiger partial charge in [-0.05, 0) is 28.1 Å². The standard InChI is InChI=1S/C9H4Br2F3N3/c10-3-1-4-6(5(11)2-3)16-8(9(12,13)14)17-7(4)15/h1-2H,(H2,15,16,17). The van der Waals surface area contributed by atoms with Crippen LogP contribution >= 0.6 is 31.9 Å². The van der Waals surface area contributed by atoms with Crippen LogP contribution in [0.3, 0.4) is 0 Å². The van der Waals surface area contributed by atoms with Gasteiger partial charge in [0, 0.05) is 14.3 Å². The second kappa shape index (κ2) is 4.09. The molecule has 3 nitrogen and oxygen atoms in total. The molecule has 0 radical (unpaired) electrons. The van der Waals surface area contributed by atoms with Gasteiger partial charge >= 0.3 is 6.18 Å². The number of fused-ring (bicyclic) bond motifs is 1. The van der Waals surface area contributed by atoms with Crippen LogP contribution in [-0.4, -0.2) is 9.97 Å². The molecule has 0 saturated heterocycles. The monoisotopic (exact) mass is 369 g/mol. The summed E-state index contributed by atoms with van der Waals surface area (Å²) in [5.41, 5.74) is 5.63. The highest BCUT2D eigenvalue weighted by Gasteiger charge is 2.35. The van der Waals surface area contributed by atoms with Crippen molar-refractivity contribution in [1.82, 2.24) is 9.97 Å². The number of benzene rings is 1. The van der Waals surface area contributed by atoms with E-state index in [0.717, 1.165) is 0 Å². The van der Waals surface area contributed by atoms with Crippen molar-refractivity contribution in [2.45, 2.75) is 6.18 Å². The van der Waals surface area contributed by atoms with Crippen LogP contribution in [0.5, 0.6) is 0 Å². The van der Waals surface area contributed by atoms with Crippen molar-refractivity contribution in [2.75, 3.05) is 5.73 Å². The van der Waals surface area contributed by atoms with Crippen molar-refractivity contribution in [2.24, 2.45) is 0 Å². The molecule has 1 aromatic heterocycles. The van der Waals surface area contributed by atoms with Gasteiger partial charge in [0.05, 0.1) is 5.52 Å². The van der Waals surface area contributed by atoms with Gasteiger partial charge in [0.15, 0.2) is 0 Å². The molecule has 0 bridgehead atoms. The van der Waals surface area contributed by atoms with Crippen molar-refractivity contribution in [3.8, 4) is 0 Å². The van der Waals surface area contributed by atoms with Crippen LogP contribution in [0.1, 0.15) is 5.82 Å². The van der Waals surface area contributed by atoms with Crippen LogP contribution in [0.4, 0.5) is 19.0 Å². The Kier molecular flexibility index (Phi) is 3.03. The molecule has 0 aliphatic heterocycles. The van der Waals surface area contributed by atoms with Gasteiger partial charge in [-0.2, -0.15) is 13.2 Å². The summed E-state index contributed by atoms with van der Waals surface area (Å²) >= 11 is 6.35. The summed E-state index contributed by atoms with van der Waals surface area (Å²) in [5, 5.41) is 0.360. The number of halogens is 5. The van der Waals surface area contributed by atoms with E-state index in [-0.39, 0.29) is 11.3 Å². The Morgan fingerprint density at radius 3 is 2.35 bits per heavy atom. The maximum Gasteiger partial charge on any atom is 0.451 e. The molecule has 2 N–H and O–H groups in total. The first-order chi connectivity index (χ1) is 7.79. The molecule has 0 spiro atoms. The van der Waals surface area contributed by atoms with Crippen molar-refractivity contribution in [3.63, 3.8) is 0 Å². The van der Waals surface area contributed by atoms with Gasteiger partial charge in [-0.1, -0.05) is 15.9 Å². The Morgan fingerprint density at radius 2 is 1.76 bits per heavy atom. The molecular weight excluding hydrogens is 367 g/mol. The third kappa shape index (κ3) is 2.37. The average Bonchev–Trinajstić information content (AvgIpc) is 2.17. The highest BCUT2D eigenvalue weighted by atomic mass is 79.9. The van der Waals surface area contributed by atoms with E-state index in [4.69, 9.17) is 5.73 Å². The van der Waals surface area contributed by atoms with Crippen LogP contribution < -0.4 is 5.73 Å². The van der Waals surface area contributed by atoms with Crippen molar-refractivity contribution in [3.05, 3.63) is 26.9 Å². The molecule has 0 unspecified atom stereocenters. The van der Waals surface area contributed by atoms with E-state index < -0.39 is 12.0 Å². The van der Waals surface area contributed by atoms with Crippen LogP contribution in [0.25, 0.3) is 10.9 Å². The second-order valence-corrected chi connectivity index (χ2v) is 4.98. The maximum atomic E-state index is 12.5. The lowest BCUT2D eigenvalue weighted by Crippen LogP contribution is -2.12. The third-order valence-corrected chi connectivity index (χ3v) is 3.06. The molecule has 1 aromatic carbocycles. The fourth-order valence-corrected chi connectivity index (χ4v) is 2.62. The van der Waals surface area contributed by atoms with E-state index in [1.807, 2.05) is 0 Å². The third-order valence-electron chi connectivity index (χ3n) is 2.00. The molecule has 8 heteroatoms. The van der Waals surface area contributed by atoms with Gasteiger partial charge in [-0.25, -0.2) is 9.97 Å². The van der Waals surface area contributed by atoms with Gasteiger partial charge < -0.3 is 5.73 Å². The molecular formula is C9H4Br2F3N3. The Morgan fingerprint density at radius 1 is 1.12 bits per heavy atom. The van der Waals surface area contributed by atoms with Gasteiger partial charge in [0.1, 0.15) is 5.82 Å². The summed E-state index contributed by atoms with van der Waals surface area (Å²) in [6, 6.07) is 3.16. The number of hydrogen-bond donors (Lipinski definition) is 1. The fraction of sp³-hybridized carbons (Fsp3) is 0.111. The number of alkyl halides is 3. The van der Waals surface area contributed by atoms with E-state index in [9.17, 15) is 13.2 Å². The van der Waals surface area contributed by atoms with Crippen molar-refractivity contribution >= 4 is 48.6 Å². The lowest BCUT2D eigenvalue weighted by Gasteiger charge is -2.09. The highest BCUT2D eigenvalue weighted by molar-refractivity contribution is 9.11. The molecule has 0 saturated carbocycles. The average molecular weight is 371 g/mol. The van der Waals surface area contributed by atoms with E-state index >= 15 is 0 Å². The topological polar surface area (TPSA) is 51.8 Å². The Hall–Kier alpha value is -0.890. The van der Waals surface area contributed by atoms with Gasteiger partial charge in [0.25, 0.3) is 0 Å². The minimum absolute atomic E-state index is 0.132. The predicted molar refractivity (Wildman–Crippen MR) is 64.4 cm³/mol. The molecule has 0 atom stereocenters. The Balaban J connectivity index is 2.83. The normalized spacial score (nSPS) is 12.1. The SMILES string of the molecule is Nc1nc(C(F)(F)F)nc2c(Br)cc(Br)cc12. The van der Waals surface area contributed by atoms with Crippen LogP contribution in [0.2, 0.25) is 0 Å². The quantitative estimate of drug-likeness (QED) is 0.768. The number of rotatable bonds is 0.